The van der Waals surface area contributed by atoms with Gasteiger partial charge in [0.1, 0.15) is 12.1 Å². The molecular formula is C8H15FN2O4S2. The Labute approximate surface area is 106 Å². The van der Waals surface area contributed by atoms with E-state index in [0.717, 1.165) is 21.6 Å². The van der Waals surface area contributed by atoms with Gasteiger partial charge in [0.15, 0.2) is 0 Å². The van der Waals surface area contributed by atoms with Crippen LogP contribution in [-0.2, 0) is 9.59 Å². The summed E-state index contributed by atoms with van der Waals surface area (Å²) in [6, 6.07) is -2.20. The van der Waals surface area contributed by atoms with Crippen LogP contribution in [0.25, 0.3) is 0 Å². The van der Waals surface area contributed by atoms with Gasteiger partial charge in [-0.1, -0.05) is 21.6 Å². The van der Waals surface area contributed by atoms with Crippen molar-refractivity contribution < 1.29 is 24.2 Å². The molecule has 0 heterocycles. The summed E-state index contributed by atoms with van der Waals surface area (Å²) in [4.78, 5) is 21.0. The van der Waals surface area contributed by atoms with Crippen LogP contribution in [-0.4, -0.2) is 51.9 Å². The molecule has 0 aromatic rings. The smallest absolute Gasteiger partial charge is 0.321 e. The first-order valence-electron chi connectivity index (χ1n) is 4.71. The summed E-state index contributed by atoms with van der Waals surface area (Å²) in [6.07, 6.45) is 0.00738. The maximum absolute atomic E-state index is 12.2. The predicted molar refractivity (Wildman–Crippen MR) is 65.7 cm³/mol. The third kappa shape index (κ3) is 6.71. The normalized spacial score (nSPS) is 16.2. The highest BCUT2D eigenvalue weighted by Crippen LogP contribution is 2.31. The molecule has 0 aliphatic carbocycles. The molecule has 0 aromatic carbocycles. The number of rotatable bonds is 9. The number of carboxylic acid groups (broad SMARTS) is 2. The van der Waals surface area contributed by atoms with Gasteiger partial charge in [0.2, 0.25) is 0 Å². The van der Waals surface area contributed by atoms with Gasteiger partial charge in [-0.05, 0) is 6.42 Å². The second kappa shape index (κ2) is 8.56. The van der Waals surface area contributed by atoms with Crippen LogP contribution in [0.5, 0.6) is 0 Å². The van der Waals surface area contributed by atoms with Crippen LogP contribution in [0.1, 0.15) is 6.42 Å². The summed E-state index contributed by atoms with van der Waals surface area (Å²) in [5, 5.41) is 16.6. The Morgan fingerprint density at radius 2 is 1.82 bits per heavy atom. The fourth-order valence-electron chi connectivity index (χ4n) is 0.825. The summed E-state index contributed by atoms with van der Waals surface area (Å²) in [6.45, 7) is -0.676. The van der Waals surface area contributed by atoms with Gasteiger partial charge in [-0.15, -0.1) is 0 Å². The molecule has 0 bridgehead atoms. The van der Waals surface area contributed by atoms with Crippen molar-refractivity contribution in [2.24, 2.45) is 11.5 Å². The number of hydrogen-bond acceptors (Lipinski definition) is 6. The highest BCUT2D eigenvalue weighted by molar-refractivity contribution is 8.77. The van der Waals surface area contributed by atoms with Crippen LogP contribution in [0.4, 0.5) is 4.39 Å². The lowest BCUT2D eigenvalue weighted by atomic mass is 10.2. The third-order valence-corrected chi connectivity index (χ3v) is 4.80. The Hall–Kier alpha value is -0.510. The number of halogens is 1. The number of carboxylic acids is 2. The van der Waals surface area contributed by atoms with Crippen LogP contribution < -0.4 is 11.5 Å². The monoisotopic (exact) mass is 285 g/mol. The Morgan fingerprint density at radius 1 is 1.24 bits per heavy atom. The minimum atomic E-state index is -1.21. The van der Waals surface area contributed by atoms with Crippen molar-refractivity contribution in [1.82, 2.24) is 0 Å². The van der Waals surface area contributed by atoms with E-state index in [9.17, 15) is 14.0 Å². The van der Waals surface area contributed by atoms with E-state index < -0.39 is 35.9 Å². The van der Waals surface area contributed by atoms with Crippen LogP contribution in [0.3, 0.4) is 0 Å². The van der Waals surface area contributed by atoms with Crippen LogP contribution in [0, 0.1) is 0 Å². The largest absolute Gasteiger partial charge is 0.480 e. The van der Waals surface area contributed by atoms with Crippen LogP contribution in [0.15, 0.2) is 0 Å². The maximum Gasteiger partial charge on any atom is 0.321 e. The lowest BCUT2D eigenvalue weighted by molar-refractivity contribution is -0.139. The molecule has 9 heteroatoms. The quantitative estimate of drug-likeness (QED) is 0.433. The Kier molecular flexibility index (Phi) is 8.30. The van der Waals surface area contributed by atoms with Crippen LogP contribution in [0.2, 0.25) is 0 Å². The molecule has 0 aromatic heterocycles. The predicted octanol–water partition coefficient (Wildman–Crippen LogP) is -0.0802. The van der Waals surface area contributed by atoms with Crippen molar-refractivity contribution in [1.29, 1.82) is 0 Å². The number of alkyl halides is 1. The maximum atomic E-state index is 12.2. The second-order valence-corrected chi connectivity index (χ2v) is 5.86. The van der Waals surface area contributed by atoms with E-state index in [4.69, 9.17) is 21.7 Å². The van der Waals surface area contributed by atoms with Gasteiger partial charge in [-0.25, -0.2) is 0 Å². The summed E-state index contributed by atoms with van der Waals surface area (Å²) in [5.41, 5.74) is 10.6. The Balaban J connectivity index is 4.09. The minimum absolute atomic E-state index is 0.00738. The average Bonchev–Trinajstić information content (AvgIpc) is 2.26. The molecule has 0 amide bonds. The van der Waals surface area contributed by atoms with E-state index in [1.807, 2.05) is 0 Å². The van der Waals surface area contributed by atoms with Gasteiger partial charge in [0.05, 0.1) is 6.67 Å². The Bertz CT molecular complexity index is 270. The number of hydrogen-bond donors (Lipinski definition) is 4. The molecular weight excluding hydrogens is 270 g/mol. The zero-order chi connectivity index (χ0) is 13.4. The van der Waals surface area contributed by atoms with E-state index in [-0.39, 0.29) is 12.2 Å². The first-order chi connectivity index (χ1) is 7.90. The molecule has 0 fully saturated rings. The Morgan fingerprint density at radius 3 is 2.24 bits per heavy atom. The molecule has 6 nitrogen and oxygen atoms in total. The summed E-state index contributed by atoms with van der Waals surface area (Å²) < 4.78 is 12.2. The van der Waals surface area contributed by atoms with Crippen molar-refractivity contribution in [3.8, 4) is 0 Å². The third-order valence-electron chi connectivity index (χ3n) is 1.84. The first kappa shape index (κ1) is 16.5. The molecule has 17 heavy (non-hydrogen) atoms. The molecule has 0 saturated carbocycles. The molecule has 100 valence electrons. The standard InChI is InChI=1S/C8H15FN2O4S2/c9-2-1-5(6(11)8(14)15)17-16-3-4(10)7(12)13/h4-6H,1-3,10-11H2,(H,12,13)(H,14,15)/t4-,5?,6-/m0/s1/i9-1. The topological polar surface area (TPSA) is 127 Å². The van der Waals surface area contributed by atoms with Gasteiger partial charge in [-0.3, -0.25) is 14.0 Å². The van der Waals surface area contributed by atoms with E-state index >= 15 is 0 Å². The summed E-state index contributed by atoms with van der Waals surface area (Å²) in [5.74, 6) is -2.24. The highest BCUT2D eigenvalue weighted by atomic mass is 33.1. The minimum Gasteiger partial charge on any atom is -0.480 e. The highest BCUT2D eigenvalue weighted by Gasteiger charge is 2.25. The van der Waals surface area contributed by atoms with Gasteiger partial charge in [0.25, 0.3) is 0 Å². The van der Waals surface area contributed by atoms with Gasteiger partial charge in [-0.2, -0.15) is 0 Å². The van der Waals surface area contributed by atoms with E-state index in [0.29, 0.717) is 0 Å². The molecule has 0 aliphatic heterocycles. The lowest BCUT2D eigenvalue weighted by Crippen LogP contribution is -2.40. The molecule has 3 atom stereocenters. The van der Waals surface area contributed by atoms with Crippen molar-refractivity contribution in [3.05, 3.63) is 0 Å². The first-order valence-corrected chi connectivity index (χ1v) is 7.09. The van der Waals surface area contributed by atoms with Crippen molar-refractivity contribution >= 4 is 33.5 Å². The van der Waals surface area contributed by atoms with Crippen molar-refractivity contribution in [2.75, 3.05) is 12.4 Å². The van der Waals surface area contributed by atoms with E-state index in [1.54, 1.807) is 0 Å². The van der Waals surface area contributed by atoms with Gasteiger partial charge >= 0.3 is 11.9 Å². The lowest BCUT2D eigenvalue weighted by Gasteiger charge is -2.18. The zero-order valence-electron chi connectivity index (χ0n) is 8.91. The fraction of sp³-hybridized carbons (Fsp3) is 0.750. The SMILES string of the molecule is N[C@H](C(=O)O)C(CC[18F])SSC[C@H](N)C(=O)O. The van der Waals surface area contributed by atoms with E-state index in [1.165, 1.54) is 0 Å². The second-order valence-electron chi connectivity index (χ2n) is 3.21. The molecule has 0 aliphatic rings. The van der Waals surface area contributed by atoms with Crippen molar-refractivity contribution in [3.63, 3.8) is 0 Å². The van der Waals surface area contributed by atoms with E-state index in [2.05, 4.69) is 0 Å². The van der Waals surface area contributed by atoms with Gasteiger partial charge < -0.3 is 21.7 Å². The van der Waals surface area contributed by atoms with Crippen molar-refractivity contribution in [2.45, 2.75) is 23.8 Å². The van der Waals surface area contributed by atoms with Gasteiger partial charge in [0, 0.05) is 11.0 Å². The molecule has 0 saturated heterocycles. The molecule has 0 radical (unpaired) electrons. The fourth-order valence-corrected chi connectivity index (χ4v) is 3.64. The molecule has 1 unspecified atom stereocenters. The average molecular weight is 285 g/mol. The summed E-state index contributed by atoms with van der Waals surface area (Å²) in [7, 11) is 2.14. The number of aliphatic carboxylic acids is 2. The number of carbonyl (C=O) groups is 2. The van der Waals surface area contributed by atoms with Crippen LogP contribution >= 0.6 is 21.6 Å². The summed E-state index contributed by atoms with van der Waals surface area (Å²) >= 11 is 0. The molecule has 0 rings (SSSR count). The molecule has 0 spiro atoms. The number of nitrogens with two attached hydrogens (primary N) is 2. The molecule has 6 N–H and O–H groups in total. The zero-order valence-corrected chi connectivity index (χ0v) is 10.5.